The molecule has 3 nitrogen and oxygen atoms in total. The minimum absolute atomic E-state index is 3.66. The number of halogens is 4. The lowest BCUT2D eigenvalue weighted by atomic mass is 10.7. The number of alkyl halides is 2. The normalized spacial score (nSPS) is 14.2. The molecule has 10 heavy (non-hydrogen) atoms. The van der Waals surface area contributed by atoms with E-state index in [2.05, 4.69) is 0 Å². The van der Waals surface area contributed by atoms with Gasteiger partial charge in [-0.25, -0.2) is 8.42 Å². The first-order valence-electron chi connectivity index (χ1n) is 1.73. The van der Waals surface area contributed by atoms with E-state index in [1.165, 1.54) is 0 Å². The van der Waals surface area contributed by atoms with Crippen molar-refractivity contribution in [3.8, 4) is 0 Å². The van der Waals surface area contributed by atoms with Crippen LogP contribution >= 0.6 is 0 Å². The second kappa shape index (κ2) is 2.35. The van der Waals surface area contributed by atoms with Crippen LogP contribution in [0, 0.1) is 6.43 Å². The number of nitrogens with zero attached hydrogens (tertiary/aromatic N) is 1. The standard InChI is InChI=1S/C2F4NO2S/c3-1(4)2(5,6)10(7,8)9. The Morgan fingerprint density at radius 1 is 1.30 bits per heavy atom. The molecule has 0 heterocycles. The van der Waals surface area contributed by atoms with Crippen molar-refractivity contribution in [3.05, 3.63) is 6.43 Å². The molecular weight excluding hydrogens is 178 g/mol. The Morgan fingerprint density at radius 2 is 1.60 bits per heavy atom. The van der Waals surface area contributed by atoms with E-state index in [1.54, 1.807) is 0 Å². The molecule has 0 aromatic carbocycles. The summed E-state index contributed by atoms with van der Waals surface area (Å²) < 4.78 is 63.5. The number of hydrogen-bond acceptors (Lipinski definition) is 2. The molecule has 0 aliphatic carbocycles. The van der Waals surface area contributed by atoms with Gasteiger partial charge in [-0.2, -0.15) is 17.6 Å². The van der Waals surface area contributed by atoms with Crippen LogP contribution < -0.4 is 5.14 Å². The molecule has 0 rings (SSSR count). The van der Waals surface area contributed by atoms with Gasteiger partial charge >= 0.3 is 21.7 Å². The van der Waals surface area contributed by atoms with Crippen molar-refractivity contribution in [1.29, 1.82) is 0 Å². The van der Waals surface area contributed by atoms with Crippen LogP contribution in [0.25, 0.3) is 0 Å². The average Bonchev–Trinajstić information content (AvgIpc) is 1.62. The van der Waals surface area contributed by atoms with Crippen molar-refractivity contribution in [2.45, 2.75) is 5.25 Å². The molecule has 0 unspecified atom stereocenters. The highest BCUT2D eigenvalue weighted by Crippen LogP contribution is 2.32. The van der Waals surface area contributed by atoms with Crippen LogP contribution in [-0.4, -0.2) is 13.7 Å². The highest BCUT2D eigenvalue weighted by Gasteiger charge is 2.55. The van der Waals surface area contributed by atoms with E-state index in [4.69, 9.17) is 5.14 Å². The molecule has 0 aromatic rings. The van der Waals surface area contributed by atoms with Gasteiger partial charge in [-0.1, -0.05) is 0 Å². The molecular formula is C2F4NO2S. The predicted molar refractivity (Wildman–Crippen MR) is 21.5 cm³/mol. The summed E-state index contributed by atoms with van der Waals surface area (Å²) in [6.45, 7) is 0. The molecule has 0 aromatic heterocycles. The van der Waals surface area contributed by atoms with E-state index in [0.717, 1.165) is 0 Å². The summed E-state index contributed by atoms with van der Waals surface area (Å²) in [5, 5.41) is 1.99. The van der Waals surface area contributed by atoms with Gasteiger partial charge in [-0.05, 0) is 0 Å². The van der Waals surface area contributed by atoms with Crippen LogP contribution in [0.2, 0.25) is 0 Å². The monoisotopic (exact) mass is 178 g/mol. The molecule has 59 valence electrons. The first-order valence-corrected chi connectivity index (χ1v) is 3.17. The van der Waals surface area contributed by atoms with Crippen LogP contribution in [0.5, 0.6) is 0 Å². The van der Waals surface area contributed by atoms with E-state index in [0.29, 0.717) is 0 Å². The fourth-order valence-corrected chi connectivity index (χ4v) is 0.292. The molecule has 0 aliphatic rings. The van der Waals surface area contributed by atoms with Gasteiger partial charge in [0.15, 0.2) is 0 Å². The molecule has 0 atom stereocenters. The largest absolute Gasteiger partial charge is 0.430 e. The smallest absolute Gasteiger partial charge is 0.203 e. The zero-order valence-electron chi connectivity index (χ0n) is 4.18. The van der Waals surface area contributed by atoms with Gasteiger partial charge in [0.2, 0.25) is 0 Å². The number of rotatable bonds is 2. The second-order valence-electron chi connectivity index (χ2n) is 1.25. The zero-order valence-corrected chi connectivity index (χ0v) is 5.00. The highest BCUT2D eigenvalue weighted by molar-refractivity contribution is 7.90. The Hall–Kier alpha value is -0.370. The summed E-state index contributed by atoms with van der Waals surface area (Å²) in [5.41, 5.74) is 0. The van der Waals surface area contributed by atoms with Crippen LogP contribution in [-0.2, 0) is 10.0 Å². The third-order valence-corrected chi connectivity index (χ3v) is 1.35. The minimum Gasteiger partial charge on any atom is -0.203 e. The molecule has 3 radical (unpaired) electrons. The van der Waals surface area contributed by atoms with Gasteiger partial charge in [0.05, 0.1) is 0 Å². The number of sulfonamides is 1. The maximum atomic E-state index is 11.4. The van der Waals surface area contributed by atoms with Crippen molar-refractivity contribution in [2.24, 2.45) is 0 Å². The third kappa shape index (κ3) is 1.57. The SMILES string of the molecule is [N]S(=O)(=O)C(F)(F)[C](F)F. The quantitative estimate of drug-likeness (QED) is 0.575. The van der Waals surface area contributed by atoms with Crippen molar-refractivity contribution in [1.82, 2.24) is 5.14 Å². The summed E-state index contributed by atoms with van der Waals surface area (Å²) in [4.78, 5) is 0. The molecule has 0 fully saturated rings. The molecule has 8 heteroatoms. The lowest BCUT2D eigenvalue weighted by Gasteiger charge is -2.07. The van der Waals surface area contributed by atoms with Gasteiger partial charge in [-0.15, -0.1) is 0 Å². The summed E-state index contributed by atoms with van der Waals surface area (Å²) in [5.74, 6) is 0. The minimum atomic E-state index is -6.02. The molecule has 0 aliphatic heterocycles. The molecule has 0 amide bonds. The maximum absolute atomic E-state index is 11.4. The maximum Gasteiger partial charge on any atom is 0.430 e. The van der Waals surface area contributed by atoms with Crippen LogP contribution in [0.3, 0.4) is 0 Å². The third-order valence-electron chi connectivity index (χ3n) is 0.544. The van der Waals surface area contributed by atoms with Crippen LogP contribution in [0.4, 0.5) is 17.6 Å². The van der Waals surface area contributed by atoms with E-state index >= 15 is 0 Å². The van der Waals surface area contributed by atoms with E-state index in [9.17, 15) is 26.0 Å². The fourth-order valence-electron chi connectivity index (χ4n) is 0.0975. The molecule has 0 N–H and O–H groups in total. The zero-order chi connectivity index (χ0) is 8.58. The van der Waals surface area contributed by atoms with Crippen molar-refractivity contribution < 1.29 is 26.0 Å². The van der Waals surface area contributed by atoms with E-state index < -0.39 is 21.7 Å². The fraction of sp³-hybridized carbons (Fsp3) is 0.500. The van der Waals surface area contributed by atoms with Crippen molar-refractivity contribution in [2.75, 3.05) is 0 Å². The van der Waals surface area contributed by atoms with Crippen LogP contribution in [0.15, 0.2) is 0 Å². The van der Waals surface area contributed by atoms with Gasteiger partial charge in [-0.3, -0.25) is 0 Å². The Kier molecular flexibility index (Phi) is 2.26. The van der Waals surface area contributed by atoms with Crippen molar-refractivity contribution in [3.63, 3.8) is 0 Å². The molecule has 0 saturated carbocycles. The van der Waals surface area contributed by atoms with E-state index in [1.807, 2.05) is 0 Å². The van der Waals surface area contributed by atoms with Gasteiger partial charge < -0.3 is 0 Å². The summed E-state index contributed by atoms with van der Waals surface area (Å²) in [7, 11) is -6.02. The Bertz CT molecular complexity index is 209. The topological polar surface area (TPSA) is 56.4 Å². The van der Waals surface area contributed by atoms with E-state index in [-0.39, 0.29) is 0 Å². The predicted octanol–water partition coefficient (Wildman–Crippen LogP) is 0.406. The molecule has 0 saturated heterocycles. The van der Waals surface area contributed by atoms with Gasteiger partial charge in [0.25, 0.3) is 0 Å². The Balaban J connectivity index is 4.76. The lowest BCUT2D eigenvalue weighted by molar-refractivity contribution is 0.0137. The average molecular weight is 178 g/mol. The summed E-state index contributed by atoms with van der Waals surface area (Å²) in [6.07, 6.45) is -3.66. The summed E-state index contributed by atoms with van der Waals surface area (Å²) >= 11 is 0. The van der Waals surface area contributed by atoms with Crippen molar-refractivity contribution >= 4 is 10.0 Å². The Morgan fingerprint density at radius 3 is 1.60 bits per heavy atom. The molecule has 0 bridgehead atoms. The second-order valence-corrected chi connectivity index (χ2v) is 2.72. The summed E-state index contributed by atoms with van der Waals surface area (Å²) in [6, 6.07) is 0. The first-order chi connectivity index (χ1) is 4.19. The van der Waals surface area contributed by atoms with Gasteiger partial charge in [0, 0.05) is 5.14 Å². The lowest BCUT2D eigenvalue weighted by Crippen LogP contribution is -2.32. The molecule has 0 spiro atoms. The Labute approximate surface area is 53.9 Å². The first kappa shape index (κ1) is 9.63. The van der Waals surface area contributed by atoms with Gasteiger partial charge in [0.1, 0.15) is 0 Å². The number of hydrogen-bond donors (Lipinski definition) is 0. The van der Waals surface area contributed by atoms with Crippen LogP contribution in [0.1, 0.15) is 0 Å². The highest BCUT2D eigenvalue weighted by atomic mass is 32.2.